The minimum absolute atomic E-state index is 0.0745. The summed E-state index contributed by atoms with van der Waals surface area (Å²) in [6.45, 7) is 7.09. The molecule has 3 aliphatic rings. The number of ketones is 1. The first kappa shape index (κ1) is 18.0. The molecule has 26 heavy (non-hydrogen) atoms. The molecule has 1 aromatic rings. The van der Waals surface area contributed by atoms with Crippen molar-refractivity contribution in [3.05, 3.63) is 41.1 Å². The number of carbonyl (C=O) groups is 1. The monoisotopic (exact) mass is 375 g/mol. The van der Waals surface area contributed by atoms with E-state index >= 15 is 0 Å². The summed E-state index contributed by atoms with van der Waals surface area (Å²) in [6, 6.07) is 7.39. The van der Waals surface area contributed by atoms with Crippen molar-refractivity contribution in [1.82, 2.24) is 4.90 Å². The van der Waals surface area contributed by atoms with Crippen molar-refractivity contribution in [2.75, 3.05) is 19.8 Å². The number of ether oxygens (including phenoxy) is 2. The molecule has 2 fully saturated rings. The Bertz CT molecular complexity index is 700. The van der Waals surface area contributed by atoms with Gasteiger partial charge in [-0.25, -0.2) is 0 Å². The molecule has 5 heteroatoms. The van der Waals surface area contributed by atoms with E-state index in [4.69, 9.17) is 21.1 Å². The molecule has 1 aliphatic carbocycles. The van der Waals surface area contributed by atoms with Gasteiger partial charge in [-0.2, -0.15) is 0 Å². The fraction of sp³-hybridized carbons (Fsp3) is 0.571. The van der Waals surface area contributed by atoms with Crippen LogP contribution in [0, 0.1) is 17.8 Å². The van der Waals surface area contributed by atoms with E-state index in [1.165, 1.54) is 0 Å². The fourth-order valence-electron chi connectivity index (χ4n) is 4.58. The van der Waals surface area contributed by atoms with Crippen molar-refractivity contribution >= 4 is 23.0 Å². The molecule has 2 aliphatic heterocycles. The maximum absolute atomic E-state index is 13.1. The van der Waals surface area contributed by atoms with Crippen LogP contribution in [0.25, 0.3) is 5.57 Å². The number of benzene rings is 1. The zero-order valence-electron chi connectivity index (χ0n) is 15.4. The fourth-order valence-corrected chi connectivity index (χ4v) is 4.70. The third kappa shape index (κ3) is 3.42. The molecule has 4 atom stereocenters. The van der Waals surface area contributed by atoms with Gasteiger partial charge in [-0.1, -0.05) is 37.6 Å². The van der Waals surface area contributed by atoms with Gasteiger partial charge in [0.25, 0.3) is 0 Å². The topological polar surface area (TPSA) is 38.8 Å². The highest BCUT2D eigenvalue weighted by Gasteiger charge is 2.48. The second kappa shape index (κ2) is 7.34. The van der Waals surface area contributed by atoms with E-state index < -0.39 is 0 Å². The first-order valence-corrected chi connectivity index (χ1v) is 9.90. The van der Waals surface area contributed by atoms with E-state index in [2.05, 4.69) is 18.7 Å². The van der Waals surface area contributed by atoms with Crippen molar-refractivity contribution in [3.63, 3.8) is 0 Å². The standard InChI is InChI=1S/C21H26ClNO3/c1-13(2)9-23-10-17-19(26-12-23)8-7-16-20(24)18(11-25-21(16)17)14-3-5-15(22)6-4-14/h3-6,11,13,16-17,19,21H,7-10,12H2,1-2H3. The Kier molecular flexibility index (Phi) is 5.09. The zero-order chi connectivity index (χ0) is 18.3. The summed E-state index contributed by atoms with van der Waals surface area (Å²) in [5, 5.41) is 0.668. The van der Waals surface area contributed by atoms with Gasteiger partial charge < -0.3 is 9.47 Å². The van der Waals surface area contributed by atoms with Crippen LogP contribution in [0.2, 0.25) is 5.02 Å². The number of nitrogens with zero attached hydrogens (tertiary/aromatic N) is 1. The first-order chi connectivity index (χ1) is 12.5. The highest BCUT2D eigenvalue weighted by Crippen LogP contribution is 2.42. The SMILES string of the molecule is CC(C)CN1COC2CCC3C(=O)C(c4ccc(Cl)cc4)=COC3C2C1. The zero-order valence-corrected chi connectivity index (χ0v) is 16.1. The number of Topliss-reactive ketones (excluding diaryl/α,β-unsaturated/α-hetero) is 1. The molecule has 0 amide bonds. The van der Waals surface area contributed by atoms with Crippen LogP contribution in [0.3, 0.4) is 0 Å². The van der Waals surface area contributed by atoms with Crippen LogP contribution in [0.4, 0.5) is 0 Å². The largest absolute Gasteiger partial charge is 0.496 e. The van der Waals surface area contributed by atoms with Crippen molar-refractivity contribution in [2.45, 2.75) is 38.9 Å². The Morgan fingerprint density at radius 2 is 2.00 bits per heavy atom. The van der Waals surface area contributed by atoms with Crippen molar-refractivity contribution in [3.8, 4) is 0 Å². The third-order valence-corrected chi connectivity index (χ3v) is 5.97. The molecule has 0 aromatic heterocycles. The van der Waals surface area contributed by atoms with Crippen molar-refractivity contribution < 1.29 is 14.3 Å². The highest BCUT2D eigenvalue weighted by molar-refractivity contribution is 6.30. The van der Waals surface area contributed by atoms with Crippen LogP contribution in [-0.2, 0) is 14.3 Å². The minimum atomic E-state index is -0.0766. The quantitative estimate of drug-likeness (QED) is 0.800. The summed E-state index contributed by atoms with van der Waals surface area (Å²) < 4.78 is 12.3. The van der Waals surface area contributed by atoms with Crippen molar-refractivity contribution in [1.29, 1.82) is 0 Å². The number of halogens is 1. The van der Waals surface area contributed by atoms with Gasteiger partial charge in [0.05, 0.1) is 30.6 Å². The Morgan fingerprint density at radius 1 is 1.23 bits per heavy atom. The number of hydrogen-bond acceptors (Lipinski definition) is 4. The maximum atomic E-state index is 13.1. The molecular formula is C21H26ClNO3. The lowest BCUT2D eigenvalue weighted by Crippen LogP contribution is -2.56. The van der Waals surface area contributed by atoms with Crippen LogP contribution in [0.1, 0.15) is 32.3 Å². The third-order valence-electron chi connectivity index (χ3n) is 5.72. The molecule has 4 nitrogen and oxygen atoms in total. The van der Waals surface area contributed by atoms with Gasteiger partial charge in [-0.05, 0) is 36.5 Å². The van der Waals surface area contributed by atoms with Crippen LogP contribution >= 0.6 is 11.6 Å². The molecule has 1 saturated heterocycles. The average Bonchev–Trinajstić information content (AvgIpc) is 2.62. The van der Waals surface area contributed by atoms with Gasteiger partial charge in [-0.3, -0.25) is 9.69 Å². The van der Waals surface area contributed by atoms with Gasteiger partial charge in [0.1, 0.15) is 6.10 Å². The molecule has 4 rings (SSSR count). The van der Waals surface area contributed by atoms with Gasteiger partial charge >= 0.3 is 0 Å². The molecule has 140 valence electrons. The minimum Gasteiger partial charge on any atom is -0.496 e. The number of rotatable bonds is 3. The number of allylic oxidation sites excluding steroid dienone is 1. The predicted molar refractivity (Wildman–Crippen MR) is 102 cm³/mol. The molecule has 0 bridgehead atoms. The van der Waals surface area contributed by atoms with Gasteiger partial charge in [-0.15, -0.1) is 0 Å². The van der Waals surface area contributed by atoms with Crippen LogP contribution < -0.4 is 0 Å². The number of fused-ring (bicyclic) bond motifs is 3. The molecule has 2 heterocycles. The Hall–Kier alpha value is -1.36. The molecule has 1 aromatic carbocycles. The highest BCUT2D eigenvalue weighted by atomic mass is 35.5. The molecule has 0 spiro atoms. The van der Waals surface area contributed by atoms with E-state index in [1.807, 2.05) is 24.3 Å². The van der Waals surface area contributed by atoms with E-state index in [0.717, 1.165) is 31.5 Å². The summed E-state index contributed by atoms with van der Waals surface area (Å²) in [4.78, 5) is 15.5. The van der Waals surface area contributed by atoms with E-state index in [0.29, 0.717) is 23.2 Å². The number of carbonyl (C=O) groups excluding carboxylic acids is 1. The Morgan fingerprint density at radius 3 is 2.73 bits per heavy atom. The predicted octanol–water partition coefficient (Wildman–Crippen LogP) is 3.99. The number of hydrogen-bond donors (Lipinski definition) is 0. The van der Waals surface area contributed by atoms with Crippen LogP contribution in [0.15, 0.2) is 30.5 Å². The summed E-state index contributed by atoms with van der Waals surface area (Å²) >= 11 is 5.97. The normalized spacial score (nSPS) is 31.8. The lowest BCUT2D eigenvalue weighted by Gasteiger charge is -2.48. The molecular weight excluding hydrogens is 350 g/mol. The summed E-state index contributed by atoms with van der Waals surface area (Å²) in [5.74, 6) is 0.977. The molecule has 1 saturated carbocycles. The Labute approximate surface area is 160 Å². The average molecular weight is 376 g/mol. The van der Waals surface area contributed by atoms with Gasteiger partial charge in [0.15, 0.2) is 5.78 Å². The molecule has 0 radical (unpaired) electrons. The summed E-state index contributed by atoms with van der Waals surface area (Å²) in [5.41, 5.74) is 1.54. The second-order valence-electron chi connectivity index (χ2n) is 8.12. The first-order valence-electron chi connectivity index (χ1n) is 9.52. The smallest absolute Gasteiger partial charge is 0.173 e. The van der Waals surface area contributed by atoms with Gasteiger partial charge in [0.2, 0.25) is 0 Å². The molecule has 0 N–H and O–H groups in total. The van der Waals surface area contributed by atoms with E-state index in [1.54, 1.807) is 6.26 Å². The summed E-state index contributed by atoms with van der Waals surface area (Å²) in [6.07, 6.45) is 3.56. The lowest BCUT2D eigenvalue weighted by atomic mass is 9.71. The lowest BCUT2D eigenvalue weighted by molar-refractivity contribution is -0.171. The van der Waals surface area contributed by atoms with E-state index in [9.17, 15) is 4.79 Å². The van der Waals surface area contributed by atoms with Crippen LogP contribution in [0.5, 0.6) is 0 Å². The van der Waals surface area contributed by atoms with Crippen molar-refractivity contribution in [2.24, 2.45) is 17.8 Å². The van der Waals surface area contributed by atoms with Gasteiger partial charge in [0, 0.05) is 24.0 Å². The Balaban J connectivity index is 1.54. The summed E-state index contributed by atoms with van der Waals surface area (Å²) in [7, 11) is 0. The molecule has 4 unspecified atom stereocenters. The van der Waals surface area contributed by atoms with E-state index in [-0.39, 0.29) is 29.8 Å². The maximum Gasteiger partial charge on any atom is 0.173 e. The second-order valence-corrected chi connectivity index (χ2v) is 8.55. The van der Waals surface area contributed by atoms with Crippen LogP contribution in [-0.4, -0.2) is 42.7 Å².